The Kier molecular flexibility index (Phi) is 5.14. The third kappa shape index (κ3) is 3.88. The number of hydrogen-bond acceptors (Lipinski definition) is 4. The summed E-state index contributed by atoms with van der Waals surface area (Å²) < 4.78 is 0. The Balaban J connectivity index is 1.63. The molecule has 2 N–H and O–H groups in total. The first-order valence-electron chi connectivity index (χ1n) is 7.93. The number of carbonyl (C=O) groups excluding carboxylic acids is 2. The van der Waals surface area contributed by atoms with Crippen molar-refractivity contribution in [3.8, 4) is 0 Å². The van der Waals surface area contributed by atoms with Crippen LogP contribution >= 0.6 is 11.3 Å². The van der Waals surface area contributed by atoms with Gasteiger partial charge in [-0.15, -0.1) is 11.3 Å². The molecule has 1 fully saturated rings. The predicted octanol–water partition coefficient (Wildman–Crippen LogP) is 1.80. The first-order valence-corrected chi connectivity index (χ1v) is 8.81. The molecule has 1 aliphatic heterocycles. The number of rotatable bonds is 5. The SMILES string of the molecule is O=C(NCC(=O)N1CC(C(=O)O)C(c2ccccc2)C1)c1cccs1. The van der Waals surface area contributed by atoms with Gasteiger partial charge >= 0.3 is 5.97 Å². The molecule has 2 atom stereocenters. The van der Waals surface area contributed by atoms with Gasteiger partial charge in [0.2, 0.25) is 5.91 Å². The summed E-state index contributed by atoms with van der Waals surface area (Å²) in [7, 11) is 0. The fourth-order valence-electron chi connectivity index (χ4n) is 3.06. The van der Waals surface area contributed by atoms with E-state index in [9.17, 15) is 19.5 Å². The third-order valence-electron chi connectivity index (χ3n) is 4.36. The van der Waals surface area contributed by atoms with Crippen LogP contribution in [0.5, 0.6) is 0 Å². The average molecular weight is 358 g/mol. The highest BCUT2D eigenvalue weighted by molar-refractivity contribution is 7.12. The number of carboxylic acid groups (broad SMARTS) is 1. The molecule has 0 saturated carbocycles. The second-order valence-electron chi connectivity index (χ2n) is 5.92. The first kappa shape index (κ1) is 17.2. The topological polar surface area (TPSA) is 86.7 Å². The van der Waals surface area contributed by atoms with Crippen molar-refractivity contribution < 1.29 is 19.5 Å². The number of aliphatic carboxylic acids is 1. The van der Waals surface area contributed by atoms with Gasteiger partial charge in [-0.3, -0.25) is 14.4 Å². The van der Waals surface area contributed by atoms with Crippen molar-refractivity contribution in [3.05, 3.63) is 58.3 Å². The smallest absolute Gasteiger partial charge is 0.308 e. The number of hydrogen-bond donors (Lipinski definition) is 2. The maximum absolute atomic E-state index is 12.4. The van der Waals surface area contributed by atoms with E-state index in [1.807, 2.05) is 30.3 Å². The van der Waals surface area contributed by atoms with Crippen LogP contribution in [0, 0.1) is 5.92 Å². The van der Waals surface area contributed by atoms with Crippen molar-refractivity contribution in [1.82, 2.24) is 10.2 Å². The van der Waals surface area contributed by atoms with Crippen molar-refractivity contribution in [2.24, 2.45) is 5.92 Å². The van der Waals surface area contributed by atoms with Crippen molar-refractivity contribution in [2.45, 2.75) is 5.92 Å². The lowest BCUT2D eigenvalue weighted by Crippen LogP contribution is -2.39. The maximum atomic E-state index is 12.4. The lowest BCUT2D eigenvalue weighted by Gasteiger charge is -2.16. The molecular weight excluding hydrogens is 340 g/mol. The molecular formula is C18H18N2O4S. The normalized spacial score (nSPS) is 19.6. The zero-order valence-electron chi connectivity index (χ0n) is 13.4. The van der Waals surface area contributed by atoms with E-state index in [-0.39, 0.29) is 30.8 Å². The number of nitrogens with zero attached hydrogens (tertiary/aromatic N) is 1. The Bertz CT molecular complexity index is 761. The van der Waals surface area contributed by atoms with Crippen LogP contribution in [0.4, 0.5) is 0 Å². The maximum Gasteiger partial charge on any atom is 0.308 e. The predicted molar refractivity (Wildman–Crippen MR) is 93.5 cm³/mol. The van der Waals surface area contributed by atoms with Gasteiger partial charge in [0.1, 0.15) is 0 Å². The van der Waals surface area contributed by atoms with E-state index in [1.165, 1.54) is 16.2 Å². The monoisotopic (exact) mass is 358 g/mol. The lowest BCUT2D eigenvalue weighted by molar-refractivity contribution is -0.141. The summed E-state index contributed by atoms with van der Waals surface area (Å²) in [5.74, 6) is -2.35. The fraction of sp³-hybridized carbons (Fsp3) is 0.278. The van der Waals surface area contributed by atoms with Crippen LogP contribution in [-0.4, -0.2) is 47.4 Å². The third-order valence-corrected chi connectivity index (χ3v) is 5.23. The Hall–Kier alpha value is -2.67. The highest BCUT2D eigenvalue weighted by Gasteiger charge is 2.40. The van der Waals surface area contributed by atoms with Crippen molar-refractivity contribution in [2.75, 3.05) is 19.6 Å². The minimum Gasteiger partial charge on any atom is -0.481 e. The highest BCUT2D eigenvalue weighted by Crippen LogP contribution is 2.32. The number of benzene rings is 1. The second kappa shape index (κ2) is 7.48. The fourth-order valence-corrected chi connectivity index (χ4v) is 3.70. The molecule has 1 aromatic heterocycles. The van der Waals surface area contributed by atoms with Gasteiger partial charge in [0.15, 0.2) is 0 Å². The van der Waals surface area contributed by atoms with Gasteiger partial charge in [0, 0.05) is 19.0 Å². The summed E-state index contributed by atoms with van der Waals surface area (Å²) in [6, 6.07) is 12.8. The molecule has 7 heteroatoms. The number of amides is 2. The van der Waals surface area contributed by atoms with Gasteiger partial charge < -0.3 is 15.3 Å². The number of carbonyl (C=O) groups is 3. The largest absolute Gasteiger partial charge is 0.481 e. The first-order chi connectivity index (χ1) is 12.1. The molecule has 0 bridgehead atoms. The van der Waals surface area contributed by atoms with Gasteiger partial charge in [-0.25, -0.2) is 0 Å². The zero-order chi connectivity index (χ0) is 17.8. The zero-order valence-corrected chi connectivity index (χ0v) is 14.2. The molecule has 6 nitrogen and oxygen atoms in total. The van der Waals surface area contributed by atoms with Gasteiger partial charge in [0.05, 0.1) is 17.3 Å². The molecule has 1 saturated heterocycles. The lowest BCUT2D eigenvalue weighted by atomic mass is 9.89. The van der Waals surface area contributed by atoms with Crippen LogP contribution in [-0.2, 0) is 9.59 Å². The molecule has 0 spiro atoms. The molecule has 2 aromatic rings. The molecule has 25 heavy (non-hydrogen) atoms. The van der Waals surface area contributed by atoms with Crippen molar-refractivity contribution in [3.63, 3.8) is 0 Å². The molecule has 2 unspecified atom stereocenters. The molecule has 3 rings (SSSR count). The highest BCUT2D eigenvalue weighted by atomic mass is 32.1. The van der Waals surface area contributed by atoms with Gasteiger partial charge in [0.25, 0.3) is 5.91 Å². The summed E-state index contributed by atoms with van der Waals surface area (Å²) in [6.45, 7) is 0.363. The Morgan fingerprint density at radius 2 is 1.88 bits per heavy atom. The van der Waals surface area contributed by atoms with E-state index in [0.717, 1.165) is 5.56 Å². The summed E-state index contributed by atoms with van der Waals surface area (Å²) in [5, 5.41) is 13.9. The Labute approximate surface area is 149 Å². The van der Waals surface area contributed by atoms with Crippen LogP contribution in [0.2, 0.25) is 0 Å². The van der Waals surface area contributed by atoms with Gasteiger partial charge in [-0.05, 0) is 17.0 Å². The van der Waals surface area contributed by atoms with E-state index in [2.05, 4.69) is 5.32 Å². The van der Waals surface area contributed by atoms with E-state index < -0.39 is 11.9 Å². The molecule has 1 aromatic carbocycles. The van der Waals surface area contributed by atoms with E-state index in [4.69, 9.17) is 0 Å². The Morgan fingerprint density at radius 3 is 2.52 bits per heavy atom. The number of likely N-dealkylation sites (tertiary alicyclic amines) is 1. The molecule has 1 aliphatic rings. The van der Waals surface area contributed by atoms with Crippen LogP contribution < -0.4 is 5.32 Å². The van der Waals surface area contributed by atoms with E-state index in [1.54, 1.807) is 17.5 Å². The standard InChI is InChI=1S/C18H18N2O4S/c21-16(9-19-17(22)15-7-4-8-25-15)20-10-13(14(11-20)18(23)24)12-5-2-1-3-6-12/h1-8,13-14H,9-11H2,(H,19,22)(H,23,24). The minimum absolute atomic E-state index is 0.134. The van der Waals surface area contributed by atoms with Crippen molar-refractivity contribution in [1.29, 1.82) is 0 Å². The summed E-state index contributed by atoms with van der Waals surface area (Å²) in [6.07, 6.45) is 0. The summed E-state index contributed by atoms with van der Waals surface area (Å²) in [5.41, 5.74) is 0.910. The number of nitrogens with one attached hydrogen (secondary N) is 1. The molecule has 130 valence electrons. The van der Waals surface area contributed by atoms with Crippen LogP contribution in [0.25, 0.3) is 0 Å². The van der Waals surface area contributed by atoms with Crippen molar-refractivity contribution >= 4 is 29.1 Å². The van der Waals surface area contributed by atoms with Crippen LogP contribution in [0.15, 0.2) is 47.8 Å². The van der Waals surface area contributed by atoms with Gasteiger partial charge in [-0.2, -0.15) is 0 Å². The minimum atomic E-state index is -0.910. The van der Waals surface area contributed by atoms with E-state index in [0.29, 0.717) is 11.4 Å². The quantitative estimate of drug-likeness (QED) is 0.853. The van der Waals surface area contributed by atoms with Gasteiger partial charge in [-0.1, -0.05) is 36.4 Å². The average Bonchev–Trinajstić information content (AvgIpc) is 3.29. The number of thiophene rings is 1. The van der Waals surface area contributed by atoms with Crippen LogP contribution in [0.1, 0.15) is 21.2 Å². The Morgan fingerprint density at radius 1 is 1.12 bits per heavy atom. The second-order valence-corrected chi connectivity index (χ2v) is 6.87. The molecule has 2 amide bonds. The molecule has 0 aliphatic carbocycles. The summed E-state index contributed by atoms with van der Waals surface area (Å²) >= 11 is 1.30. The van der Waals surface area contributed by atoms with E-state index >= 15 is 0 Å². The summed E-state index contributed by atoms with van der Waals surface area (Å²) in [4.78, 5) is 37.9. The molecule has 0 radical (unpaired) electrons. The van der Waals surface area contributed by atoms with Crippen LogP contribution in [0.3, 0.4) is 0 Å². The number of carboxylic acids is 1. The molecule has 2 heterocycles.